The number of Topliss-reactive ketones (excluding diaryl/α,β-unsaturated/α-hetero) is 1. The van der Waals surface area contributed by atoms with Crippen LogP contribution in [-0.4, -0.2) is 38.0 Å². The third kappa shape index (κ3) is 21.3. The van der Waals surface area contributed by atoms with Gasteiger partial charge in [0.25, 0.3) is 0 Å². The van der Waals surface area contributed by atoms with Gasteiger partial charge in [-0.25, -0.2) is 10.0 Å². The Labute approximate surface area is 360 Å². The Bertz CT molecular complexity index is 960. The molecular weight excluding hydrogens is 693 g/mol. The van der Waals surface area contributed by atoms with E-state index in [-0.39, 0.29) is 28.1 Å². The number of hydrogen-bond acceptors (Lipinski definition) is 3. The largest absolute Gasteiger partial charge is 0.299 e. The summed E-state index contributed by atoms with van der Waals surface area (Å²) in [5.41, 5.74) is 0.0975. The predicted molar refractivity (Wildman–Crippen MR) is 254 cm³/mol. The minimum atomic E-state index is -0.0492. The fourth-order valence-electron chi connectivity index (χ4n) is 12.1. The summed E-state index contributed by atoms with van der Waals surface area (Å²) in [4.78, 5) is 13.7. The second-order valence-corrected chi connectivity index (χ2v) is 22.5. The van der Waals surface area contributed by atoms with Gasteiger partial charge in [-0.2, -0.15) is 0 Å². The Balaban J connectivity index is 1.66. The molecular formula is C54H106N2O. The zero-order valence-electron chi connectivity index (χ0n) is 41.1. The van der Waals surface area contributed by atoms with Crippen molar-refractivity contribution in [1.82, 2.24) is 10.0 Å². The third-order valence-corrected chi connectivity index (χ3v) is 14.5. The van der Waals surface area contributed by atoms with E-state index in [1.165, 1.54) is 212 Å². The van der Waals surface area contributed by atoms with E-state index >= 15 is 0 Å². The molecule has 2 heterocycles. The van der Waals surface area contributed by atoms with Crippen molar-refractivity contribution in [2.75, 3.05) is 0 Å². The van der Waals surface area contributed by atoms with Crippen LogP contribution in [0.1, 0.15) is 307 Å². The lowest BCUT2D eigenvalue weighted by Gasteiger charge is -2.68. The summed E-state index contributed by atoms with van der Waals surface area (Å²) in [5, 5.41) is 5.63. The van der Waals surface area contributed by atoms with Crippen LogP contribution in [-0.2, 0) is 4.79 Å². The molecule has 0 aromatic carbocycles. The summed E-state index contributed by atoms with van der Waals surface area (Å²) in [6.07, 6.45) is 50.4. The molecule has 3 nitrogen and oxygen atoms in total. The van der Waals surface area contributed by atoms with Crippen molar-refractivity contribution in [3.63, 3.8) is 0 Å². The zero-order chi connectivity index (χ0) is 42.0. The highest BCUT2D eigenvalue weighted by atomic mass is 16.1. The van der Waals surface area contributed by atoms with Crippen LogP contribution < -0.4 is 0 Å². The summed E-state index contributed by atoms with van der Waals surface area (Å²) in [6.45, 7) is 24.5. The molecule has 0 saturated carbocycles. The van der Waals surface area contributed by atoms with Crippen LogP contribution >= 0.6 is 0 Å². The van der Waals surface area contributed by atoms with Gasteiger partial charge < -0.3 is 0 Å². The third-order valence-electron chi connectivity index (χ3n) is 14.5. The maximum absolute atomic E-state index is 13.7. The maximum atomic E-state index is 13.7. The highest BCUT2D eigenvalue weighted by Gasteiger charge is 2.57. The number of piperidine rings is 2. The molecule has 57 heavy (non-hydrogen) atoms. The van der Waals surface area contributed by atoms with Gasteiger partial charge in [-0.15, -0.1) is 0 Å². The topological polar surface area (TPSA) is 23.6 Å². The zero-order valence-corrected chi connectivity index (χ0v) is 41.1. The molecule has 0 N–H and O–H groups in total. The Hall–Kier alpha value is -0.410. The summed E-state index contributed by atoms with van der Waals surface area (Å²) in [5.74, 6) is 1.54. The summed E-state index contributed by atoms with van der Waals surface area (Å²) in [7, 11) is 0. The minimum Gasteiger partial charge on any atom is -0.299 e. The first-order chi connectivity index (χ1) is 27.2. The molecule has 2 aliphatic rings. The first-order valence-corrected chi connectivity index (χ1v) is 26.3. The van der Waals surface area contributed by atoms with Crippen LogP contribution in [0.4, 0.5) is 0 Å². The molecule has 0 spiro atoms. The van der Waals surface area contributed by atoms with Crippen LogP contribution in [0.25, 0.3) is 0 Å². The van der Waals surface area contributed by atoms with Gasteiger partial charge in [-0.1, -0.05) is 213 Å². The van der Waals surface area contributed by atoms with E-state index in [0.717, 1.165) is 31.6 Å². The standard InChI is InChI=1S/C54H106N2O/c1-11-13-15-17-19-21-23-25-27-29-30-32-34-36-38-40-42-48-44-51(3,4)55(52(5,6)45-48)56-53(7,8)46-49(47-54(56,9)10)50(57)43-41-39-37-35-33-31-28-26-24-22-20-18-16-14-12-2/h48-49H,11-47H2,1-10H3. The van der Waals surface area contributed by atoms with Crippen molar-refractivity contribution >= 4 is 5.78 Å². The van der Waals surface area contributed by atoms with Gasteiger partial charge in [0, 0.05) is 34.5 Å². The van der Waals surface area contributed by atoms with Gasteiger partial charge in [0.15, 0.2) is 0 Å². The molecule has 2 rings (SSSR count). The van der Waals surface area contributed by atoms with E-state index < -0.39 is 0 Å². The number of hydrazine groups is 1. The van der Waals surface area contributed by atoms with E-state index in [0.29, 0.717) is 5.78 Å². The van der Waals surface area contributed by atoms with E-state index in [2.05, 4.69) is 79.3 Å². The lowest BCUT2D eigenvalue weighted by Crippen LogP contribution is -2.76. The minimum absolute atomic E-state index is 0.0492. The summed E-state index contributed by atoms with van der Waals surface area (Å²) < 4.78 is 0. The molecule has 338 valence electrons. The Morgan fingerprint density at radius 3 is 0.912 bits per heavy atom. The molecule has 0 amide bonds. The van der Waals surface area contributed by atoms with Crippen LogP contribution in [0, 0.1) is 11.8 Å². The highest BCUT2D eigenvalue weighted by molar-refractivity contribution is 5.81. The summed E-state index contributed by atoms with van der Waals surface area (Å²) >= 11 is 0. The Kier molecular flexibility index (Phi) is 26.8. The van der Waals surface area contributed by atoms with Crippen LogP contribution in [0.15, 0.2) is 0 Å². The molecule has 0 aromatic heterocycles. The summed E-state index contributed by atoms with van der Waals surface area (Å²) in [6, 6.07) is 0. The van der Waals surface area contributed by atoms with Crippen molar-refractivity contribution in [3.05, 3.63) is 0 Å². The smallest absolute Gasteiger partial charge is 0.136 e. The quantitative estimate of drug-likeness (QED) is 0.0597. The first-order valence-electron chi connectivity index (χ1n) is 26.3. The molecule has 0 unspecified atom stereocenters. The monoisotopic (exact) mass is 799 g/mol. The average molecular weight is 799 g/mol. The number of carbonyl (C=O) groups excluding carboxylic acids is 1. The van der Waals surface area contributed by atoms with E-state index in [9.17, 15) is 4.79 Å². The van der Waals surface area contributed by atoms with Gasteiger partial charge in [0.05, 0.1) is 0 Å². The van der Waals surface area contributed by atoms with Crippen molar-refractivity contribution in [1.29, 1.82) is 0 Å². The lowest BCUT2D eigenvalue weighted by atomic mass is 9.69. The second-order valence-electron chi connectivity index (χ2n) is 22.5. The highest BCUT2D eigenvalue weighted by Crippen LogP contribution is 2.52. The molecule has 0 aromatic rings. The molecule has 0 aliphatic carbocycles. The lowest BCUT2D eigenvalue weighted by molar-refractivity contribution is -0.283. The van der Waals surface area contributed by atoms with Crippen molar-refractivity contribution < 1.29 is 4.79 Å². The predicted octanol–water partition coefficient (Wildman–Crippen LogP) is 17.9. The number of ketones is 1. The number of carbonyl (C=O) groups is 1. The number of hydrogen-bond donors (Lipinski definition) is 0. The molecule has 0 radical (unpaired) electrons. The average Bonchev–Trinajstić information content (AvgIpc) is 3.13. The molecule has 0 bridgehead atoms. The van der Waals surface area contributed by atoms with Crippen LogP contribution in [0.5, 0.6) is 0 Å². The molecule has 2 saturated heterocycles. The number of unbranched alkanes of at least 4 members (excludes halogenated alkanes) is 29. The molecule has 3 heteroatoms. The van der Waals surface area contributed by atoms with Gasteiger partial charge in [0.1, 0.15) is 5.78 Å². The fraction of sp³-hybridized carbons (Fsp3) is 0.981. The van der Waals surface area contributed by atoms with E-state index in [1.807, 2.05) is 0 Å². The van der Waals surface area contributed by atoms with Crippen molar-refractivity contribution in [2.24, 2.45) is 11.8 Å². The number of nitrogens with zero attached hydrogens (tertiary/aromatic N) is 2. The second kappa shape index (κ2) is 29.0. The van der Waals surface area contributed by atoms with Crippen molar-refractivity contribution in [2.45, 2.75) is 329 Å². The van der Waals surface area contributed by atoms with Crippen LogP contribution in [0.2, 0.25) is 0 Å². The fourth-order valence-corrected chi connectivity index (χ4v) is 12.1. The number of rotatable bonds is 35. The van der Waals surface area contributed by atoms with Crippen LogP contribution in [0.3, 0.4) is 0 Å². The Morgan fingerprint density at radius 2 is 0.614 bits per heavy atom. The normalized spacial score (nSPS) is 20.0. The molecule has 2 aliphatic heterocycles. The molecule has 0 atom stereocenters. The molecule has 2 fully saturated rings. The van der Waals surface area contributed by atoms with Gasteiger partial charge in [-0.3, -0.25) is 4.79 Å². The van der Waals surface area contributed by atoms with Gasteiger partial charge in [-0.05, 0) is 93.4 Å². The maximum Gasteiger partial charge on any atom is 0.136 e. The van der Waals surface area contributed by atoms with E-state index in [1.54, 1.807) is 0 Å². The first kappa shape index (κ1) is 52.7. The van der Waals surface area contributed by atoms with E-state index in [4.69, 9.17) is 0 Å². The van der Waals surface area contributed by atoms with Crippen molar-refractivity contribution in [3.8, 4) is 0 Å². The Morgan fingerprint density at radius 1 is 0.368 bits per heavy atom. The SMILES string of the molecule is CCCCCCCCCCCCCCCCCCC1CC(C)(C)N(N2C(C)(C)CC(C(=O)CCCCCCCCCCCCCCCCC)CC2(C)C)C(C)(C)C1. The van der Waals surface area contributed by atoms with Gasteiger partial charge >= 0.3 is 0 Å². The van der Waals surface area contributed by atoms with Gasteiger partial charge in [0.2, 0.25) is 0 Å².